The lowest BCUT2D eigenvalue weighted by Gasteiger charge is -2.49. The molecule has 0 radical (unpaired) electrons. The first-order chi connectivity index (χ1) is 11.0. The molecular weight excluding hydrogens is 421 g/mol. The Morgan fingerprint density at radius 1 is 1.22 bits per heavy atom. The van der Waals surface area contributed by atoms with Gasteiger partial charge in [-0.05, 0) is 29.7 Å². The van der Waals surface area contributed by atoms with Crippen LogP contribution in [0.15, 0.2) is 48.5 Å². The molecule has 1 aliphatic rings. The number of alkyl halides is 1. The maximum atomic E-state index is 12.9. The molecule has 0 bridgehead atoms. The zero-order chi connectivity index (χ0) is 16.6. The number of amides is 1. The van der Waals surface area contributed by atoms with Gasteiger partial charge in [0, 0.05) is 27.5 Å². The number of carbonyl (C=O) groups excluding carboxylic acids is 1. The minimum atomic E-state index is -0.107. The van der Waals surface area contributed by atoms with Crippen molar-refractivity contribution in [3.63, 3.8) is 0 Å². The van der Waals surface area contributed by atoms with Crippen molar-refractivity contribution in [3.8, 4) is 0 Å². The molecule has 0 aromatic heterocycles. The van der Waals surface area contributed by atoms with E-state index in [0.29, 0.717) is 5.02 Å². The van der Waals surface area contributed by atoms with Crippen molar-refractivity contribution in [3.05, 3.63) is 70.2 Å². The summed E-state index contributed by atoms with van der Waals surface area (Å²) in [4.78, 5) is 14.8. The Morgan fingerprint density at radius 3 is 2.52 bits per heavy atom. The maximum Gasteiger partial charge on any atom is 0.254 e. The van der Waals surface area contributed by atoms with E-state index in [0.717, 1.165) is 22.0 Å². The molecule has 120 valence electrons. The van der Waals surface area contributed by atoms with Crippen LogP contribution in [0, 0.1) is 0 Å². The van der Waals surface area contributed by atoms with Crippen molar-refractivity contribution in [2.45, 2.75) is 24.8 Å². The fourth-order valence-electron chi connectivity index (χ4n) is 3.75. The minimum absolute atomic E-state index is 0.0341. The number of hydrogen-bond donors (Lipinski definition) is 0. The first kappa shape index (κ1) is 16.8. The Hall–Kier alpha value is -1.07. The molecule has 4 heteroatoms. The summed E-state index contributed by atoms with van der Waals surface area (Å²) in [7, 11) is 1.90. The highest BCUT2D eigenvalue weighted by atomic mass is 127. The standard InChI is InChI=1S/C19H19ClINO/c1-3-19(12-21)16-10-9-14(20)11-15(16)18(23)22(2)17(19)13-7-5-4-6-8-13/h4-11,17H,3,12H2,1-2H3/t17-,19-/m0/s1. The lowest BCUT2D eigenvalue weighted by Crippen LogP contribution is -2.51. The largest absolute Gasteiger partial charge is 0.334 e. The fourth-order valence-corrected chi connectivity index (χ4v) is 5.29. The molecule has 2 aromatic rings. The number of carbonyl (C=O) groups is 1. The SMILES string of the molecule is CC[C@]1(CI)c2ccc(Cl)cc2C(=O)N(C)[C@H]1c1ccccc1. The highest BCUT2D eigenvalue weighted by Crippen LogP contribution is 2.50. The van der Waals surface area contributed by atoms with Crippen LogP contribution in [0.25, 0.3) is 0 Å². The number of nitrogens with zero attached hydrogens (tertiary/aromatic N) is 1. The van der Waals surface area contributed by atoms with E-state index in [2.05, 4.69) is 41.6 Å². The van der Waals surface area contributed by atoms with E-state index < -0.39 is 0 Å². The molecule has 3 rings (SSSR count). The van der Waals surface area contributed by atoms with Crippen LogP contribution >= 0.6 is 34.2 Å². The van der Waals surface area contributed by atoms with Crippen LogP contribution in [-0.2, 0) is 5.41 Å². The van der Waals surface area contributed by atoms with Crippen LogP contribution in [0.4, 0.5) is 0 Å². The van der Waals surface area contributed by atoms with Crippen LogP contribution in [0.5, 0.6) is 0 Å². The molecule has 0 aliphatic carbocycles. The van der Waals surface area contributed by atoms with Gasteiger partial charge in [-0.3, -0.25) is 4.79 Å². The first-order valence-electron chi connectivity index (χ1n) is 7.73. The molecule has 0 spiro atoms. The average molecular weight is 440 g/mol. The normalized spacial score (nSPS) is 23.7. The van der Waals surface area contributed by atoms with Gasteiger partial charge >= 0.3 is 0 Å². The number of benzene rings is 2. The van der Waals surface area contributed by atoms with Crippen LogP contribution < -0.4 is 0 Å². The number of hydrogen-bond acceptors (Lipinski definition) is 1. The predicted molar refractivity (Wildman–Crippen MR) is 104 cm³/mol. The summed E-state index contributed by atoms with van der Waals surface area (Å²) < 4.78 is 0.938. The van der Waals surface area contributed by atoms with Gasteiger partial charge < -0.3 is 4.90 Å². The van der Waals surface area contributed by atoms with Gasteiger partial charge in [-0.15, -0.1) is 0 Å². The summed E-state index contributed by atoms with van der Waals surface area (Å²) in [5.74, 6) is 0.0466. The molecule has 1 amide bonds. The molecule has 2 nitrogen and oxygen atoms in total. The van der Waals surface area contributed by atoms with Crippen molar-refractivity contribution >= 4 is 40.1 Å². The molecule has 0 fully saturated rings. The van der Waals surface area contributed by atoms with Gasteiger partial charge in [0.25, 0.3) is 5.91 Å². The summed E-state index contributed by atoms with van der Waals surface area (Å²) >= 11 is 8.60. The Kier molecular flexibility index (Phi) is 4.70. The summed E-state index contributed by atoms with van der Waals surface area (Å²) in [5.41, 5.74) is 2.94. The van der Waals surface area contributed by atoms with E-state index in [1.54, 1.807) is 0 Å². The summed E-state index contributed by atoms with van der Waals surface area (Å²) in [6, 6.07) is 16.1. The van der Waals surface area contributed by atoms with Gasteiger partial charge in [0.05, 0.1) is 6.04 Å². The fraction of sp³-hybridized carbons (Fsp3) is 0.316. The molecular formula is C19H19ClINO. The highest BCUT2D eigenvalue weighted by Gasteiger charge is 2.48. The number of fused-ring (bicyclic) bond motifs is 1. The average Bonchev–Trinajstić information content (AvgIpc) is 2.59. The molecule has 2 aromatic carbocycles. The Morgan fingerprint density at radius 2 is 1.91 bits per heavy atom. The van der Waals surface area contributed by atoms with Crippen LogP contribution in [0.3, 0.4) is 0 Å². The second-order valence-electron chi connectivity index (χ2n) is 6.06. The van der Waals surface area contributed by atoms with E-state index in [4.69, 9.17) is 11.6 Å². The third-order valence-corrected chi connectivity index (χ3v) is 6.56. The Labute approximate surface area is 156 Å². The van der Waals surface area contributed by atoms with Gasteiger partial charge in [0.2, 0.25) is 0 Å². The van der Waals surface area contributed by atoms with E-state index in [1.165, 1.54) is 5.56 Å². The van der Waals surface area contributed by atoms with Crippen molar-refractivity contribution in [2.24, 2.45) is 0 Å². The number of likely N-dealkylation sites (N-methyl/N-ethyl adjacent to an activating group) is 1. The molecule has 2 atom stereocenters. The van der Waals surface area contributed by atoms with Crippen molar-refractivity contribution in [2.75, 3.05) is 11.5 Å². The zero-order valence-electron chi connectivity index (χ0n) is 13.2. The summed E-state index contributed by atoms with van der Waals surface area (Å²) in [5, 5.41) is 0.613. The second kappa shape index (κ2) is 6.44. The second-order valence-corrected chi connectivity index (χ2v) is 7.26. The van der Waals surface area contributed by atoms with Crippen LogP contribution in [0.1, 0.15) is 40.9 Å². The quantitative estimate of drug-likeness (QED) is 0.472. The molecule has 0 saturated heterocycles. The molecule has 0 N–H and O–H groups in total. The lowest BCUT2D eigenvalue weighted by molar-refractivity contribution is 0.0592. The van der Waals surface area contributed by atoms with Crippen molar-refractivity contribution in [1.29, 1.82) is 0 Å². The summed E-state index contributed by atoms with van der Waals surface area (Å²) in [6.45, 7) is 2.20. The molecule has 1 aliphatic heterocycles. The third kappa shape index (κ3) is 2.58. The number of halogens is 2. The van der Waals surface area contributed by atoms with E-state index in [1.807, 2.05) is 48.3 Å². The van der Waals surface area contributed by atoms with Crippen LogP contribution in [-0.4, -0.2) is 22.3 Å². The summed E-state index contributed by atoms with van der Waals surface area (Å²) in [6.07, 6.45) is 0.960. The van der Waals surface area contributed by atoms with Gasteiger partial charge in [0.1, 0.15) is 0 Å². The van der Waals surface area contributed by atoms with Gasteiger partial charge in [0.15, 0.2) is 0 Å². The molecule has 0 unspecified atom stereocenters. The lowest BCUT2D eigenvalue weighted by atomic mass is 9.67. The minimum Gasteiger partial charge on any atom is -0.334 e. The van der Waals surface area contributed by atoms with Crippen molar-refractivity contribution in [1.82, 2.24) is 4.90 Å². The van der Waals surface area contributed by atoms with Gasteiger partial charge in [-0.25, -0.2) is 0 Å². The van der Waals surface area contributed by atoms with Gasteiger partial charge in [-0.1, -0.05) is 77.5 Å². The smallest absolute Gasteiger partial charge is 0.254 e. The molecule has 0 saturated carbocycles. The highest BCUT2D eigenvalue weighted by molar-refractivity contribution is 14.1. The van der Waals surface area contributed by atoms with E-state index in [9.17, 15) is 4.79 Å². The van der Waals surface area contributed by atoms with E-state index >= 15 is 0 Å². The van der Waals surface area contributed by atoms with Gasteiger partial charge in [-0.2, -0.15) is 0 Å². The van der Waals surface area contributed by atoms with E-state index in [-0.39, 0.29) is 17.4 Å². The maximum absolute atomic E-state index is 12.9. The van der Waals surface area contributed by atoms with Crippen LogP contribution in [0.2, 0.25) is 5.02 Å². The Balaban J connectivity index is 2.28. The first-order valence-corrected chi connectivity index (χ1v) is 9.63. The molecule has 1 heterocycles. The monoisotopic (exact) mass is 439 g/mol. The third-order valence-electron chi connectivity index (χ3n) is 4.96. The number of rotatable bonds is 3. The molecule has 23 heavy (non-hydrogen) atoms. The van der Waals surface area contributed by atoms with Crippen molar-refractivity contribution < 1.29 is 4.79 Å². The predicted octanol–water partition coefficient (Wildman–Crippen LogP) is 5.25. The topological polar surface area (TPSA) is 20.3 Å². The zero-order valence-corrected chi connectivity index (χ0v) is 16.1. The Bertz CT molecular complexity index is 727.